The lowest BCUT2D eigenvalue weighted by atomic mass is 10.3. The average Bonchev–Trinajstić information content (AvgIpc) is 2.81. The maximum Gasteiger partial charge on any atom is 0.330 e. The fraction of sp³-hybridized carbons (Fsp3) is 0.273. The molecular formula is C11H10Br2N2O3. The minimum absolute atomic E-state index is 0.0657. The van der Waals surface area contributed by atoms with Gasteiger partial charge in [-0.3, -0.25) is 14.3 Å². The molecule has 5 nitrogen and oxygen atoms in total. The summed E-state index contributed by atoms with van der Waals surface area (Å²) in [6.45, 7) is 0. The first-order chi connectivity index (χ1) is 8.65. The first-order valence-corrected chi connectivity index (χ1v) is 7.21. The lowest BCUT2D eigenvalue weighted by Gasteiger charge is -2.15. The zero-order chi connectivity index (χ0) is 13.1. The molecule has 0 fully saturated rings. The number of aromatic amines is 1. The van der Waals surface area contributed by atoms with E-state index in [0.717, 1.165) is 0 Å². The van der Waals surface area contributed by atoms with Gasteiger partial charge in [0.05, 0.1) is 11.7 Å². The summed E-state index contributed by atoms with van der Waals surface area (Å²) in [5.74, 6) is 0. The van der Waals surface area contributed by atoms with Gasteiger partial charge in [-0.2, -0.15) is 0 Å². The molecule has 0 bridgehead atoms. The third kappa shape index (κ3) is 2.73. The molecule has 7 heteroatoms. The monoisotopic (exact) mass is 376 g/mol. The number of halogens is 2. The largest absolute Gasteiger partial charge is 0.346 e. The van der Waals surface area contributed by atoms with Gasteiger partial charge < -0.3 is 4.74 Å². The number of hydrogen-bond acceptors (Lipinski definition) is 3. The maximum absolute atomic E-state index is 11.7. The number of nitrogens with zero attached hydrogens (tertiary/aromatic N) is 1. The Balaban J connectivity index is 2.40. The molecule has 1 aliphatic rings. The van der Waals surface area contributed by atoms with Gasteiger partial charge in [0.25, 0.3) is 5.56 Å². The highest BCUT2D eigenvalue weighted by Gasteiger charge is 2.21. The smallest absolute Gasteiger partial charge is 0.330 e. The summed E-state index contributed by atoms with van der Waals surface area (Å²) in [5.41, 5.74) is -0.534. The minimum atomic E-state index is -0.489. The van der Waals surface area contributed by atoms with E-state index >= 15 is 0 Å². The summed E-state index contributed by atoms with van der Waals surface area (Å²) < 4.78 is 6.95. The number of H-pyrrole nitrogens is 1. The zero-order valence-corrected chi connectivity index (χ0v) is 12.3. The van der Waals surface area contributed by atoms with Gasteiger partial charge in [0, 0.05) is 11.5 Å². The molecule has 18 heavy (non-hydrogen) atoms. The SMILES string of the molecule is O=c1[nH]c(=O)n([C@H]2C=C[C@@H](CBr)O2)cc1/C=C/Br. The van der Waals surface area contributed by atoms with E-state index in [1.807, 2.05) is 6.08 Å². The highest BCUT2D eigenvalue weighted by molar-refractivity contribution is 9.11. The molecule has 2 rings (SSSR count). The highest BCUT2D eigenvalue weighted by atomic mass is 79.9. The molecule has 0 amide bonds. The molecule has 0 saturated heterocycles. The van der Waals surface area contributed by atoms with Crippen LogP contribution >= 0.6 is 31.9 Å². The van der Waals surface area contributed by atoms with Crippen LogP contribution in [-0.4, -0.2) is 21.0 Å². The molecule has 1 aromatic rings. The summed E-state index contributed by atoms with van der Waals surface area (Å²) in [6.07, 6.45) is 6.15. The Labute approximate surface area is 119 Å². The molecular weight excluding hydrogens is 368 g/mol. The Morgan fingerprint density at radius 1 is 1.44 bits per heavy atom. The van der Waals surface area contributed by atoms with E-state index in [2.05, 4.69) is 36.8 Å². The first-order valence-electron chi connectivity index (χ1n) is 5.17. The molecule has 1 aliphatic heterocycles. The van der Waals surface area contributed by atoms with Crippen molar-refractivity contribution < 1.29 is 4.74 Å². The van der Waals surface area contributed by atoms with Crippen LogP contribution in [0.1, 0.15) is 11.8 Å². The Hall–Kier alpha value is -0.920. The molecule has 2 atom stereocenters. The van der Waals surface area contributed by atoms with Gasteiger partial charge in [-0.1, -0.05) is 37.9 Å². The van der Waals surface area contributed by atoms with Crippen LogP contribution in [0.15, 0.2) is 32.9 Å². The Morgan fingerprint density at radius 3 is 2.83 bits per heavy atom. The molecule has 1 aromatic heterocycles. The molecule has 1 N–H and O–H groups in total. The van der Waals surface area contributed by atoms with Crippen LogP contribution in [0.2, 0.25) is 0 Å². The number of aromatic nitrogens is 2. The minimum Gasteiger partial charge on any atom is -0.346 e. The van der Waals surface area contributed by atoms with E-state index < -0.39 is 17.5 Å². The van der Waals surface area contributed by atoms with Crippen molar-refractivity contribution in [2.75, 3.05) is 5.33 Å². The Morgan fingerprint density at radius 2 is 2.22 bits per heavy atom. The van der Waals surface area contributed by atoms with Gasteiger partial charge in [0.2, 0.25) is 0 Å². The summed E-state index contributed by atoms with van der Waals surface area (Å²) in [7, 11) is 0. The second kappa shape index (κ2) is 5.81. The molecule has 96 valence electrons. The van der Waals surface area contributed by atoms with E-state index in [4.69, 9.17) is 4.74 Å². The van der Waals surface area contributed by atoms with Gasteiger partial charge in [0.15, 0.2) is 6.23 Å². The van der Waals surface area contributed by atoms with E-state index in [1.54, 1.807) is 17.1 Å². The van der Waals surface area contributed by atoms with Crippen molar-refractivity contribution in [1.82, 2.24) is 9.55 Å². The van der Waals surface area contributed by atoms with Crippen molar-refractivity contribution in [1.29, 1.82) is 0 Å². The molecule has 0 unspecified atom stereocenters. The standard InChI is InChI=1S/C11H10Br2N2O3/c12-4-3-7-6-15(11(17)14-10(7)16)9-2-1-8(5-13)18-9/h1-4,6,8-9H,5H2,(H,14,16,17)/b4-3+/t8-,9+/m0/s1. The normalized spacial score (nSPS) is 23.0. The quantitative estimate of drug-likeness (QED) is 0.644. The van der Waals surface area contributed by atoms with Gasteiger partial charge in [-0.05, 0) is 17.1 Å². The van der Waals surface area contributed by atoms with Crippen LogP contribution < -0.4 is 11.2 Å². The van der Waals surface area contributed by atoms with E-state index in [1.165, 1.54) is 10.8 Å². The zero-order valence-electron chi connectivity index (χ0n) is 9.18. The second-order valence-corrected chi connectivity index (χ2v) is 4.82. The summed E-state index contributed by atoms with van der Waals surface area (Å²) in [6, 6.07) is 0. The van der Waals surface area contributed by atoms with Crippen LogP contribution in [0, 0.1) is 0 Å². The number of rotatable bonds is 3. The molecule has 0 radical (unpaired) electrons. The topological polar surface area (TPSA) is 64.1 Å². The van der Waals surface area contributed by atoms with Crippen LogP contribution in [0.3, 0.4) is 0 Å². The van der Waals surface area contributed by atoms with Crippen molar-refractivity contribution in [3.05, 3.63) is 49.7 Å². The van der Waals surface area contributed by atoms with Gasteiger partial charge >= 0.3 is 5.69 Å². The van der Waals surface area contributed by atoms with Gasteiger partial charge in [0.1, 0.15) is 0 Å². The third-order valence-corrected chi connectivity index (χ3v) is 3.37. The molecule has 0 aromatic carbocycles. The van der Waals surface area contributed by atoms with Crippen molar-refractivity contribution in [2.45, 2.75) is 12.3 Å². The summed E-state index contributed by atoms with van der Waals surface area (Å²) >= 11 is 6.40. The number of hydrogen-bond donors (Lipinski definition) is 1. The van der Waals surface area contributed by atoms with Crippen molar-refractivity contribution in [3.8, 4) is 0 Å². The van der Waals surface area contributed by atoms with Crippen molar-refractivity contribution >= 4 is 37.9 Å². The van der Waals surface area contributed by atoms with Gasteiger partial charge in [-0.25, -0.2) is 4.79 Å². The molecule has 0 spiro atoms. The van der Waals surface area contributed by atoms with Crippen LogP contribution in [0.5, 0.6) is 0 Å². The van der Waals surface area contributed by atoms with E-state index in [-0.39, 0.29) is 6.10 Å². The van der Waals surface area contributed by atoms with E-state index in [0.29, 0.717) is 10.9 Å². The average molecular weight is 378 g/mol. The predicted octanol–water partition coefficient (Wildman–Crippen LogP) is 1.75. The van der Waals surface area contributed by atoms with Crippen LogP contribution in [0.25, 0.3) is 6.08 Å². The van der Waals surface area contributed by atoms with E-state index in [9.17, 15) is 9.59 Å². The maximum atomic E-state index is 11.7. The molecule has 2 heterocycles. The third-order valence-electron chi connectivity index (χ3n) is 2.47. The number of ether oxygens (including phenoxy) is 1. The van der Waals surface area contributed by atoms with Crippen molar-refractivity contribution in [3.63, 3.8) is 0 Å². The fourth-order valence-corrected chi connectivity index (χ4v) is 2.26. The Bertz CT molecular complexity index is 603. The highest BCUT2D eigenvalue weighted by Crippen LogP contribution is 2.20. The molecule has 0 aliphatic carbocycles. The first kappa shape index (κ1) is 13.5. The number of alkyl halides is 1. The Kier molecular flexibility index (Phi) is 4.36. The lowest BCUT2D eigenvalue weighted by Crippen LogP contribution is -2.33. The lowest BCUT2D eigenvalue weighted by molar-refractivity contribution is 0.0271. The predicted molar refractivity (Wildman–Crippen MR) is 76.1 cm³/mol. The van der Waals surface area contributed by atoms with Crippen LogP contribution in [0.4, 0.5) is 0 Å². The molecule has 0 saturated carbocycles. The fourth-order valence-electron chi connectivity index (χ4n) is 1.61. The second-order valence-electron chi connectivity index (χ2n) is 3.65. The summed E-state index contributed by atoms with van der Waals surface area (Å²) in [4.78, 5) is 27.0. The van der Waals surface area contributed by atoms with Crippen molar-refractivity contribution in [2.24, 2.45) is 0 Å². The van der Waals surface area contributed by atoms with Crippen LogP contribution in [-0.2, 0) is 4.74 Å². The number of nitrogens with one attached hydrogen (secondary N) is 1. The van der Waals surface area contributed by atoms with Gasteiger partial charge in [-0.15, -0.1) is 0 Å². The summed E-state index contributed by atoms with van der Waals surface area (Å²) in [5, 5.41) is 0.659.